The number of hydrogen-bond acceptors (Lipinski definition) is 2. The fourth-order valence-corrected chi connectivity index (χ4v) is 3.29. The molecule has 0 saturated carbocycles. The van der Waals surface area contributed by atoms with Gasteiger partial charge in [-0.2, -0.15) is 0 Å². The third kappa shape index (κ3) is 6.33. The quantitative estimate of drug-likeness (QED) is 0.720. The van der Waals surface area contributed by atoms with Crippen molar-refractivity contribution in [3.8, 4) is 0 Å². The number of piperidine rings is 1. The summed E-state index contributed by atoms with van der Waals surface area (Å²) in [7, 11) is 0. The second-order valence-corrected chi connectivity index (χ2v) is 7.14. The average Bonchev–Trinajstić information content (AvgIpc) is 2.53. The second-order valence-electron chi connectivity index (χ2n) is 6.32. The Morgan fingerprint density at radius 2 is 1.96 bits per heavy atom. The van der Waals surface area contributed by atoms with Gasteiger partial charge in [0.2, 0.25) is 5.91 Å². The molecule has 0 unspecified atom stereocenters. The number of rotatable bonds is 7. The number of nitrogens with one attached hydrogen (secondary N) is 1. The zero-order valence-corrected chi connectivity index (χ0v) is 15.3. The van der Waals surface area contributed by atoms with Gasteiger partial charge >= 0.3 is 0 Å². The summed E-state index contributed by atoms with van der Waals surface area (Å²) in [5.41, 5.74) is 1.18. The van der Waals surface area contributed by atoms with Crippen LogP contribution in [0.4, 0.5) is 0 Å². The molecule has 0 aromatic heterocycles. The van der Waals surface area contributed by atoms with Crippen LogP contribution in [-0.2, 0) is 11.3 Å². The molecule has 1 saturated heterocycles. The maximum Gasteiger partial charge on any atom is 0.220 e. The van der Waals surface area contributed by atoms with E-state index < -0.39 is 0 Å². The Labute approximate surface area is 149 Å². The van der Waals surface area contributed by atoms with Crippen LogP contribution < -0.4 is 5.32 Å². The van der Waals surface area contributed by atoms with Gasteiger partial charge in [0.15, 0.2) is 0 Å². The van der Waals surface area contributed by atoms with Gasteiger partial charge in [-0.25, -0.2) is 0 Å². The summed E-state index contributed by atoms with van der Waals surface area (Å²) < 4.78 is 0. The number of likely N-dealkylation sites (tertiary alicyclic amines) is 1. The van der Waals surface area contributed by atoms with Crippen molar-refractivity contribution in [3.05, 3.63) is 33.8 Å². The van der Waals surface area contributed by atoms with E-state index in [0.717, 1.165) is 51.7 Å². The first-order valence-electron chi connectivity index (χ1n) is 8.54. The highest BCUT2D eigenvalue weighted by Crippen LogP contribution is 2.24. The third-order valence-electron chi connectivity index (χ3n) is 4.35. The van der Waals surface area contributed by atoms with E-state index in [1.807, 2.05) is 18.2 Å². The van der Waals surface area contributed by atoms with Gasteiger partial charge in [-0.05, 0) is 37.0 Å². The van der Waals surface area contributed by atoms with Gasteiger partial charge in [0.25, 0.3) is 0 Å². The molecule has 3 nitrogen and oxygen atoms in total. The van der Waals surface area contributed by atoms with Crippen molar-refractivity contribution >= 4 is 29.1 Å². The van der Waals surface area contributed by atoms with Crippen LogP contribution in [0, 0.1) is 0 Å². The van der Waals surface area contributed by atoms with E-state index in [2.05, 4.69) is 17.1 Å². The molecule has 0 aliphatic carbocycles. The highest BCUT2D eigenvalue weighted by Gasteiger charge is 2.20. The molecule has 5 heteroatoms. The van der Waals surface area contributed by atoms with Crippen molar-refractivity contribution in [2.75, 3.05) is 13.1 Å². The van der Waals surface area contributed by atoms with E-state index in [9.17, 15) is 4.79 Å². The molecule has 2 rings (SSSR count). The lowest BCUT2D eigenvalue weighted by molar-refractivity contribution is -0.122. The summed E-state index contributed by atoms with van der Waals surface area (Å²) >= 11 is 12.0. The van der Waals surface area contributed by atoms with E-state index in [1.54, 1.807) is 0 Å². The molecule has 23 heavy (non-hydrogen) atoms. The number of carbonyl (C=O) groups excluding carboxylic acids is 1. The van der Waals surface area contributed by atoms with Crippen molar-refractivity contribution in [1.29, 1.82) is 0 Å². The number of benzene rings is 1. The molecular formula is C18H26Cl2N2O. The summed E-state index contributed by atoms with van der Waals surface area (Å²) in [6, 6.07) is 6.14. The maximum absolute atomic E-state index is 11.9. The number of unbranched alkanes of at least 4 members (excludes halogenated alkanes) is 2. The minimum Gasteiger partial charge on any atom is -0.353 e. The summed E-state index contributed by atoms with van der Waals surface area (Å²) in [6.45, 7) is 5.04. The largest absolute Gasteiger partial charge is 0.353 e. The second kappa shape index (κ2) is 9.51. The fraction of sp³-hybridized carbons (Fsp3) is 0.611. The SMILES string of the molecule is CCCCCC(=O)NC1CCN(Cc2ccc(Cl)c(Cl)c2)CC1. The van der Waals surface area contributed by atoms with Gasteiger partial charge in [0, 0.05) is 32.1 Å². The monoisotopic (exact) mass is 356 g/mol. The van der Waals surface area contributed by atoms with E-state index in [0.29, 0.717) is 22.5 Å². The lowest BCUT2D eigenvalue weighted by Crippen LogP contribution is -2.44. The highest BCUT2D eigenvalue weighted by atomic mass is 35.5. The van der Waals surface area contributed by atoms with Gasteiger partial charge in [-0.3, -0.25) is 9.69 Å². The maximum atomic E-state index is 11.9. The minimum absolute atomic E-state index is 0.210. The molecule has 1 aliphatic heterocycles. The molecule has 0 radical (unpaired) electrons. The van der Waals surface area contributed by atoms with Crippen molar-refractivity contribution in [2.24, 2.45) is 0 Å². The number of nitrogens with zero attached hydrogens (tertiary/aromatic N) is 1. The Morgan fingerprint density at radius 1 is 1.22 bits per heavy atom. The Morgan fingerprint density at radius 3 is 2.61 bits per heavy atom. The lowest BCUT2D eigenvalue weighted by Gasteiger charge is -2.32. The van der Waals surface area contributed by atoms with E-state index in [1.165, 1.54) is 5.56 Å². The molecule has 0 bridgehead atoms. The third-order valence-corrected chi connectivity index (χ3v) is 5.09. The van der Waals surface area contributed by atoms with Crippen LogP contribution in [0.2, 0.25) is 10.0 Å². The molecule has 1 aromatic rings. The minimum atomic E-state index is 0.210. The Kier molecular flexibility index (Phi) is 7.68. The lowest BCUT2D eigenvalue weighted by atomic mass is 10.0. The van der Waals surface area contributed by atoms with Gasteiger partial charge in [0.05, 0.1) is 10.0 Å². The van der Waals surface area contributed by atoms with E-state index in [4.69, 9.17) is 23.2 Å². The zero-order valence-electron chi connectivity index (χ0n) is 13.8. The smallest absolute Gasteiger partial charge is 0.220 e. The topological polar surface area (TPSA) is 32.3 Å². The Bertz CT molecular complexity index is 514. The fourth-order valence-electron chi connectivity index (χ4n) is 2.97. The van der Waals surface area contributed by atoms with Crippen LogP contribution in [0.25, 0.3) is 0 Å². The van der Waals surface area contributed by atoms with Crippen molar-refractivity contribution in [1.82, 2.24) is 10.2 Å². The summed E-state index contributed by atoms with van der Waals surface area (Å²) in [5, 5.41) is 4.38. The molecule has 1 aliphatic rings. The molecule has 0 spiro atoms. The number of amides is 1. The van der Waals surface area contributed by atoms with Crippen LogP contribution in [0.3, 0.4) is 0 Å². The number of halogens is 2. The molecule has 0 atom stereocenters. The standard InChI is InChI=1S/C18H26Cl2N2O/c1-2-3-4-5-18(23)21-15-8-10-22(11-9-15)13-14-6-7-16(19)17(20)12-14/h6-7,12,15H,2-5,8-11,13H2,1H3,(H,21,23). The first kappa shape index (κ1) is 18.6. The average molecular weight is 357 g/mol. The van der Waals surface area contributed by atoms with Gasteiger partial charge < -0.3 is 5.32 Å². The Balaban J connectivity index is 1.71. The van der Waals surface area contributed by atoms with Crippen LogP contribution in [0.5, 0.6) is 0 Å². The van der Waals surface area contributed by atoms with Gasteiger partial charge in [-0.1, -0.05) is 49.0 Å². The van der Waals surface area contributed by atoms with E-state index in [-0.39, 0.29) is 5.91 Å². The number of carbonyl (C=O) groups is 1. The normalized spacial score (nSPS) is 16.5. The predicted octanol–water partition coefficient (Wildman–Crippen LogP) is 4.65. The van der Waals surface area contributed by atoms with Crippen LogP contribution >= 0.6 is 23.2 Å². The zero-order chi connectivity index (χ0) is 16.7. The molecular weight excluding hydrogens is 331 g/mol. The van der Waals surface area contributed by atoms with Crippen LogP contribution in [0.15, 0.2) is 18.2 Å². The number of hydrogen-bond donors (Lipinski definition) is 1. The van der Waals surface area contributed by atoms with Gasteiger partial charge in [0.1, 0.15) is 0 Å². The molecule has 1 aromatic carbocycles. The molecule has 1 fully saturated rings. The van der Waals surface area contributed by atoms with Gasteiger partial charge in [-0.15, -0.1) is 0 Å². The molecule has 1 amide bonds. The molecule has 1 heterocycles. The highest BCUT2D eigenvalue weighted by molar-refractivity contribution is 6.42. The van der Waals surface area contributed by atoms with Crippen molar-refractivity contribution in [3.63, 3.8) is 0 Å². The van der Waals surface area contributed by atoms with E-state index >= 15 is 0 Å². The van der Waals surface area contributed by atoms with Crippen molar-refractivity contribution in [2.45, 2.75) is 58.0 Å². The molecule has 1 N–H and O–H groups in total. The van der Waals surface area contributed by atoms with Crippen molar-refractivity contribution < 1.29 is 4.79 Å². The summed E-state index contributed by atoms with van der Waals surface area (Å²) in [4.78, 5) is 14.3. The van der Waals surface area contributed by atoms with Crippen LogP contribution in [0.1, 0.15) is 51.0 Å². The first-order valence-corrected chi connectivity index (χ1v) is 9.29. The predicted molar refractivity (Wildman–Crippen MR) is 97.0 cm³/mol. The summed E-state index contributed by atoms with van der Waals surface area (Å²) in [6.07, 6.45) is 5.98. The summed E-state index contributed by atoms with van der Waals surface area (Å²) in [5.74, 6) is 0.210. The molecule has 128 valence electrons. The Hall–Kier alpha value is -0.770. The first-order chi connectivity index (χ1) is 11.1. The van der Waals surface area contributed by atoms with Crippen LogP contribution in [-0.4, -0.2) is 29.9 Å².